The Hall–Kier alpha value is -3.80. The van der Waals surface area contributed by atoms with Crippen LogP contribution in [-0.4, -0.2) is 48.0 Å². The van der Waals surface area contributed by atoms with Crippen molar-refractivity contribution in [3.8, 4) is 28.0 Å². The van der Waals surface area contributed by atoms with E-state index >= 15 is 0 Å². The van der Waals surface area contributed by atoms with Crippen LogP contribution in [0.2, 0.25) is 0 Å². The van der Waals surface area contributed by atoms with Crippen LogP contribution in [0.25, 0.3) is 33.3 Å². The second-order valence-corrected chi connectivity index (χ2v) is 8.28. The first-order valence-corrected chi connectivity index (χ1v) is 10.6. The molecule has 4 rings (SSSR count). The van der Waals surface area contributed by atoms with Crippen molar-refractivity contribution in [1.29, 1.82) is 0 Å². The van der Waals surface area contributed by atoms with Crippen molar-refractivity contribution in [1.82, 2.24) is 14.9 Å². The largest absolute Gasteiger partial charge is 0.496 e. The minimum absolute atomic E-state index is 0.0413. The molecule has 0 atom stereocenters. The zero-order valence-corrected chi connectivity index (χ0v) is 19.1. The smallest absolute Gasteiger partial charge is 0.255 e. The van der Waals surface area contributed by atoms with Gasteiger partial charge in [0.1, 0.15) is 11.4 Å². The maximum absolute atomic E-state index is 12.9. The molecule has 1 amide bonds. The molecule has 0 aliphatic heterocycles. The second-order valence-electron chi connectivity index (χ2n) is 8.28. The summed E-state index contributed by atoms with van der Waals surface area (Å²) in [4.78, 5) is 22.3. The lowest BCUT2D eigenvalue weighted by Crippen LogP contribution is -2.24. The van der Waals surface area contributed by atoms with Gasteiger partial charge in [0.05, 0.1) is 12.7 Å². The number of aromatic nitrogens is 2. The van der Waals surface area contributed by atoms with Crippen LogP contribution in [0.15, 0.2) is 60.9 Å². The number of amides is 1. The molecule has 6 heteroatoms. The third kappa shape index (κ3) is 4.04. The molecule has 0 bridgehead atoms. The maximum Gasteiger partial charge on any atom is 0.255 e. The number of ether oxygens (including phenoxy) is 1. The molecule has 2 heterocycles. The zero-order valence-electron chi connectivity index (χ0n) is 19.1. The highest BCUT2D eigenvalue weighted by atomic mass is 16.5. The van der Waals surface area contributed by atoms with Crippen LogP contribution in [0.5, 0.6) is 5.75 Å². The number of nitrogens with zero attached hydrogens (tertiary/aromatic N) is 2. The summed E-state index contributed by atoms with van der Waals surface area (Å²) in [5, 5.41) is 4.37. The highest BCUT2D eigenvalue weighted by Gasteiger charge is 2.17. The van der Waals surface area contributed by atoms with Crippen LogP contribution < -0.4 is 10.1 Å². The molecule has 2 N–H and O–H groups in total. The number of benzene rings is 2. The number of rotatable bonds is 6. The van der Waals surface area contributed by atoms with E-state index in [0.29, 0.717) is 5.56 Å². The fourth-order valence-corrected chi connectivity index (χ4v) is 3.83. The molecular formula is C26H28N4O2. The lowest BCUT2D eigenvalue weighted by atomic mass is 9.99. The van der Waals surface area contributed by atoms with Crippen LogP contribution in [-0.2, 0) is 0 Å². The first kappa shape index (κ1) is 21.4. The van der Waals surface area contributed by atoms with E-state index in [1.807, 2.05) is 54.9 Å². The fraction of sp³-hybridized carbons (Fsp3) is 0.231. The lowest BCUT2D eigenvalue weighted by molar-refractivity contribution is 0.0828. The van der Waals surface area contributed by atoms with Crippen LogP contribution >= 0.6 is 0 Å². The summed E-state index contributed by atoms with van der Waals surface area (Å²) in [6.07, 6.45) is 3.79. The Bertz CT molecular complexity index is 1270. The molecule has 0 unspecified atom stereocenters. The van der Waals surface area contributed by atoms with Gasteiger partial charge in [-0.3, -0.25) is 4.79 Å². The van der Waals surface area contributed by atoms with Gasteiger partial charge in [-0.2, -0.15) is 0 Å². The molecule has 2 aromatic carbocycles. The van der Waals surface area contributed by atoms with Crippen LogP contribution in [0.4, 0.5) is 5.69 Å². The Morgan fingerprint density at radius 2 is 1.84 bits per heavy atom. The van der Waals surface area contributed by atoms with Gasteiger partial charge in [0.15, 0.2) is 0 Å². The summed E-state index contributed by atoms with van der Waals surface area (Å²) >= 11 is 0. The van der Waals surface area contributed by atoms with Crippen molar-refractivity contribution in [2.24, 2.45) is 0 Å². The van der Waals surface area contributed by atoms with Crippen molar-refractivity contribution in [2.45, 2.75) is 19.9 Å². The Balaban J connectivity index is 1.83. The molecular weight excluding hydrogens is 400 g/mol. The minimum Gasteiger partial charge on any atom is -0.496 e. The average molecular weight is 429 g/mol. The summed E-state index contributed by atoms with van der Waals surface area (Å²) in [7, 11) is 5.20. The molecule has 0 aliphatic rings. The number of anilines is 1. The third-order valence-corrected chi connectivity index (χ3v) is 5.36. The summed E-state index contributed by atoms with van der Waals surface area (Å²) in [5.41, 5.74) is 6.17. The number of hydrogen-bond acceptors (Lipinski definition) is 4. The van der Waals surface area contributed by atoms with Crippen LogP contribution in [0, 0.1) is 0 Å². The van der Waals surface area contributed by atoms with Gasteiger partial charge in [0.25, 0.3) is 5.91 Å². The second kappa shape index (κ2) is 8.75. The number of nitrogens with one attached hydrogen (secondary N) is 2. The molecule has 164 valence electrons. The van der Waals surface area contributed by atoms with Gasteiger partial charge in [-0.1, -0.05) is 24.3 Å². The van der Waals surface area contributed by atoms with E-state index in [-0.39, 0.29) is 11.9 Å². The Morgan fingerprint density at radius 3 is 2.56 bits per heavy atom. The summed E-state index contributed by atoms with van der Waals surface area (Å²) < 4.78 is 5.56. The number of pyridine rings is 1. The van der Waals surface area contributed by atoms with Gasteiger partial charge in [-0.25, -0.2) is 4.98 Å². The van der Waals surface area contributed by atoms with Gasteiger partial charge >= 0.3 is 0 Å². The quantitative estimate of drug-likeness (QED) is 0.430. The molecule has 0 aliphatic carbocycles. The van der Waals surface area contributed by atoms with Crippen molar-refractivity contribution >= 4 is 22.6 Å². The number of carbonyl (C=O) groups is 1. The fourth-order valence-electron chi connectivity index (χ4n) is 3.83. The van der Waals surface area contributed by atoms with Crippen LogP contribution in [0.1, 0.15) is 24.2 Å². The lowest BCUT2D eigenvalue weighted by Gasteiger charge is -2.18. The van der Waals surface area contributed by atoms with E-state index in [4.69, 9.17) is 4.74 Å². The van der Waals surface area contributed by atoms with Crippen molar-refractivity contribution in [3.05, 3.63) is 66.5 Å². The first-order chi connectivity index (χ1) is 15.4. The van der Waals surface area contributed by atoms with E-state index in [1.165, 1.54) is 0 Å². The minimum atomic E-state index is -0.0413. The van der Waals surface area contributed by atoms with Crippen molar-refractivity contribution in [3.63, 3.8) is 0 Å². The predicted molar refractivity (Wildman–Crippen MR) is 130 cm³/mol. The SMILES string of the molecule is COc1ccccc1-c1c[nH]c2ncc(-c3ccc(NC(C)C)c(C(=O)N(C)C)c3)cc12. The first-order valence-electron chi connectivity index (χ1n) is 10.6. The van der Waals surface area contributed by atoms with Gasteiger partial charge in [-0.15, -0.1) is 0 Å². The number of carbonyl (C=O) groups excluding carboxylic acids is 1. The summed E-state index contributed by atoms with van der Waals surface area (Å²) in [6, 6.07) is 16.2. The Labute approximate surface area is 188 Å². The molecule has 0 fully saturated rings. The van der Waals surface area contributed by atoms with Gasteiger partial charge in [-0.05, 0) is 43.7 Å². The van der Waals surface area contributed by atoms with Crippen molar-refractivity contribution < 1.29 is 9.53 Å². The van der Waals surface area contributed by atoms with Gasteiger partial charge in [0.2, 0.25) is 0 Å². The normalized spacial score (nSPS) is 11.1. The average Bonchev–Trinajstić information content (AvgIpc) is 3.21. The molecule has 0 saturated heterocycles. The Kier molecular flexibility index (Phi) is 5.86. The monoisotopic (exact) mass is 428 g/mol. The molecule has 0 spiro atoms. The molecule has 32 heavy (non-hydrogen) atoms. The Morgan fingerprint density at radius 1 is 1.06 bits per heavy atom. The number of aromatic amines is 1. The summed E-state index contributed by atoms with van der Waals surface area (Å²) in [6.45, 7) is 4.11. The van der Waals surface area contributed by atoms with Crippen molar-refractivity contribution in [2.75, 3.05) is 26.5 Å². The van der Waals surface area contributed by atoms with Crippen LogP contribution in [0.3, 0.4) is 0 Å². The van der Waals surface area contributed by atoms with Gasteiger partial charge in [0, 0.05) is 60.3 Å². The highest BCUT2D eigenvalue weighted by molar-refractivity contribution is 6.01. The van der Waals surface area contributed by atoms with E-state index in [2.05, 4.69) is 35.2 Å². The maximum atomic E-state index is 12.9. The molecule has 4 aromatic rings. The number of hydrogen-bond donors (Lipinski definition) is 2. The summed E-state index contributed by atoms with van der Waals surface area (Å²) in [5.74, 6) is 0.766. The number of fused-ring (bicyclic) bond motifs is 1. The standard InChI is InChI=1S/C26H28N4O2/c1-16(2)29-23-11-10-17(12-21(23)26(31)30(3)4)18-13-20-22(15-28-25(20)27-14-18)19-8-6-7-9-24(19)32-5/h6-16,29H,1-5H3,(H,27,28). The molecule has 0 radical (unpaired) electrons. The van der Waals surface area contributed by atoms with E-state index in [1.54, 1.807) is 26.1 Å². The van der Waals surface area contributed by atoms with E-state index in [9.17, 15) is 4.79 Å². The number of methoxy groups -OCH3 is 1. The number of para-hydroxylation sites is 1. The number of H-pyrrole nitrogens is 1. The highest BCUT2D eigenvalue weighted by Crippen LogP contribution is 2.36. The van der Waals surface area contributed by atoms with E-state index < -0.39 is 0 Å². The molecule has 2 aromatic heterocycles. The van der Waals surface area contributed by atoms with E-state index in [0.717, 1.165) is 44.7 Å². The predicted octanol–water partition coefficient (Wildman–Crippen LogP) is 5.43. The van der Waals surface area contributed by atoms with Gasteiger partial charge < -0.3 is 19.9 Å². The zero-order chi connectivity index (χ0) is 22.8. The third-order valence-electron chi connectivity index (χ3n) is 5.36. The molecule has 0 saturated carbocycles. The molecule has 6 nitrogen and oxygen atoms in total. The topological polar surface area (TPSA) is 70.2 Å².